The lowest BCUT2D eigenvalue weighted by Gasteiger charge is -2.08. The van der Waals surface area contributed by atoms with Gasteiger partial charge in [0.1, 0.15) is 5.82 Å². The maximum Gasteiger partial charge on any atom is 0.129 e. The van der Waals surface area contributed by atoms with Crippen molar-refractivity contribution in [1.29, 1.82) is 0 Å². The topological polar surface area (TPSA) is 26.0 Å². The smallest absolute Gasteiger partial charge is 0.129 e. The zero-order valence-corrected chi connectivity index (χ0v) is 10.2. The lowest BCUT2D eigenvalue weighted by Crippen LogP contribution is -1.98. The van der Waals surface area contributed by atoms with Crippen LogP contribution in [-0.4, -0.2) is 5.75 Å². The largest absolute Gasteiger partial charge is 0.399 e. The first-order valence-corrected chi connectivity index (χ1v) is 7.03. The summed E-state index contributed by atoms with van der Waals surface area (Å²) < 4.78 is 13.5. The Bertz CT molecular complexity index is 348. The monoisotopic (exact) mass is 239 g/mol. The van der Waals surface area contributed by atoms with Crippen LogP contribution in [-0.2, 0) is 5.75 Å². The Morgan fingerprint density at radius 1 is 1.31 bits per heavy atom. The highest BCUT2D eigenvalue weighted by Gasteiger charge is 2.14. The number of hydrogen-bond donors (Lipinski definition) is 1. The van der Waals surface area contributed by atoms with Crippen LogP contribution >= 0.6 is 11.8 Å². The van der Waals surface area contributed by atoms with Crippen molar-refractivity contribution < 1.29 is 4.39 Å². The second-order valence-corrected chi connectivity index (χ2v) is 5.55. The van der Waals surface area contributed by atoms with E-state index in [1.165, 1.54) is 37.5 Å². The summed E-state index contributed by atoms with van der Waals surface area (Å²) in [7, 11) is 0. The van der Waals surface area contributed by atoms with Gasteiger partial charge in [-0.25, -0.2) is 4.39 Å². The molecule has 88 valence electrons. The molecule has 0 aromatic heterocycles. The molecule has 1 aromatic rings. The first-order chi connectivity index (χ1) is 7.75. The summed E-state index contributed by atoms with van der Waals surface area (Å²) in [5, 5.41) is 0. The predicted octanol–water partition coefficient (Wildman–Crippen LogP) is 3.83. The average molecular weight is 239 g/mol. The molecule has 0 unspecified atom stereocenters. The van der Waals surface area contributed by atoms with Crippen molar-refractivity contribution in [3.8, 4) is 0 Å². The third-order valence-electron chi connectivity index (χ3n) is 3.16. The van der Waals surface area contributed by atoms with E-state index >= 15 is 0 Å². The molecule has 0 aliphatic heterocycles. The Hall–Kier alpha value is -0.700. The van der Waals surface area contributed by atoms with Crippen molar-refractivity contribution in [1.82, 2.24) is 0 Å². The number of hydrogen-bond acceptors (Lipinski definition) is 2. The fourth-order valence-corrected chi connectivity index (χ4v) is 3.43. The molecule has 0 radical (unpaired) electrons. The van der Waals surface area contributed by atoms with Crippen LogP contribution in [0.2, 0.25) is 0 Å². The van der Waals surface area contributed by atoms with Crippen molar-refractivity contribution in [2.45, 2.75) is 31.4 Å². The second-order valence-electron chi connectivity index (χ2n) is 4.52. The summed E-state index contributed by atoms with van der Waals surface area (Å²) in [6.07, 6.45) is 5.47. The summed E-state index contributed by atoms with van der Waals surface area (Å²) in [6.45, 7) is 0. The summed E-state index contributed by atoms with van der Waals surface area (Å²) >= 11 is 1.84. The molecule has 1 saturated carbocycles. The Morgan fingerprint density at radius 3 is 2.75 bits per heavy atom. The van der Waals surface area contributed by atoms with Crippen molar-refractivity contribution in [3.05, 3.63) is 29.6 Å². The minimum atomic E-state index is -0.168. The Morgan fingerprint density at radius 2 is 2.06 bits per heavy atom. The summed E-state index contributed by atoms with van der Waals surface area (Å²) in [5.74, 6) is 2.63. The first-order valence-electron chi connectivity index (χ1n) is 5.87. The molecule has 0 amide bonds. The van der Waals surface area contributed by atoms with E-state index in [4.69, 9.17) is 5.73 Å². The van der Waals surface area contributed by atoms with Gasteiger partial charge in [-0.2, -0.15) is 11.8 Å². The van der Waals surface area contributed by atoms with Gasteiger partial charge in [0.2, 0.25) is 0 Å². The molecule has 0 saturated heterocycles. The third kappa shape index (κ3) is 3.14. The SMILES string of the molecule is Nc1ccc(CSCC2CCCC2)c(F)c1. The summed E-state index contributed by atoms with van der Waals surface area (Å²) in [5.41, 5.74) is 6.79. The Kier molecular flexibility index (Phi) is 4.10. The predicted molar refractivity (Wildman–Crippen MR) is 68.9 cm³/mol. The Labute approximate surface area is 101 Å². The number of nitrogens with two attached hydrogens (primary N) is 1. The molecule has 1 aromatic carbocycles. The van der Waals surface area contributed by atoms with Gasteiger partial charge in [0.25, 0.3) is 0 Å². The van der Waals surface area contributed by atoms with Crippen LogP contribution in [0.25, 0.3) is 0 Å². The highest BCUT2D eigenvalue weighted by molar-refractivity contribution is 7.98. The van der Waals surface area contributed by atoms with Gasteiger partial charge >= 0.3 is 0 Å². The van der Waals surface area contributed by atoms with Crippen LogP contribution in [0.4, 0.5) is 10.1 Å². The van der Waals surface area contributed by atoms with Crippen LogP contribution < -0.4 is 5.73 Å². The molecule has 0 spiro atoms. The van der Waals surface area contributed by atoms with E-state index in [1.54, 1.807) is 12.1 Å². The summed E-state index contributed by atoms with van der Waals surface area (Å²) in [6, 6.07) is 4.98. The number of thioether (sulfide) groups is 1. The van der Waals surface area contributed by atoms with E-state index in [1.807, 2.05) is 11.8 Å². The van der Waals surface area contributed by atoms with E-state index in [0.29, 0.717) is 5.69 Å². The number of rotatable bonds is 4. The molecule has 0 bridgehead atoms. The zero-order chi connectivity index (χ0) is 11.4. The normalized spacial score (nSPS) is 16.8. The van der Waals surface area contributed by atoms with Crippen molar-refractivity contribution in [2.24, 2.45) is 5.92 Å². The van der Waals surface area contributed by atoms with E-state index in [-0.39, 0.29) is 5.82 Å². The van der Waals surface area contributed by atoms with Gasteiger partial charge in [0.05, 0.1) is 0 Å². The van der Waals surface area contributed by atoms with Gasteiger partial charge in [0, 0.05) is 11.4 Å². The average Bonchev–Trinajstić information content (AvgIpc) is 2.74. The lowest BCUT2D eigenvalue weighted by atomic mass is 10.1. The van der Waals surface area contributed by atoms with E-state index in [0.717, 1.165) is 17.2 Å². The molecule has 16 heavy (non-hydrogen) atoms. The van der Waals surface area contributed by atoms with Gasteiger partial charge in [-0.05, 0) is 42.2 Å². The van der Waals surface area contributed by atoms with Gasteiger partial charge in [-0.1, -0.05) is 18.9 Å². The minimum absolute atomic E-state index is 0.168. The number of anilines is 1. The zero-order valence-electron chi connectivity index (χ0n) is 9.42. The fourth-order valence-electron chi connectivity index (χ4n) is 2.19. The molecule has 1 aliphatic carbocycles. The lowest BCUT2D eigenvalue weighted by molar-refractivity contribution is 0.615. The molecule has 0 heterocycles. The third-order valence-corrected chi connectivity index (χ3v) is 4.39. The van der Waals surface area contributed by atoms with E-state index < -0.39 is 0 Å². The first kappa shape index (κ1) is 11.8. The van der Waals surface area contributed by atoms with Crippen molar-refractivity contribution in [3.63, 3.8) is 0 Å². The van der Waals surface area contributed by atoms with Crippen LogP contribution in [0.3, 0.4) is 0 Å². The van der Waals surface area contributed by atoms with Gasteiger partial charge in [-0.3, -0.25) is 0 Å². The molecule has 1 nitrogen and oxygen atoms in total. The van der Waals surface area contributed by atoms with E-state index in [9.17, 15) is 4.39 Å². The molecule has 0 atom stereocenters. The quantitative estimate of drug-likeness (QED) is 0.808. The molecule has 1 fully saturated rings. The van der Waals surface area contributed by atoms with E-state index in [2.05, 4.69) is 0 Å². The maximum atomic E-state index is 13.5. The van der Waals surface area contributed by atoms with Gasteiger partial charge < -0.3 is 5.73 Å². The Balaban J connectivity index is 1.80. The van der Waals surface area contributed by atoms with Gasteiger partial charge in [-0.15, -0.1) is 0 Å². The molecule has 3 heteroatoms. The minimum Gasteiger partial charge on any atom is -0.399 e. The highest BCUT2D eigenvalue weighted by Crippen LogP contribution is 2.29. The van der Waals surface area contributed by atoms with Crippen LogP contribution in [0, 0.1) is 11.7 Å². The number of nitrogen functional groups attached to an aromatic ring is 1. The van der Waals surface area contributed by atoms with Crippen LogP contribution in [0.5, 0.6) is 0 Å². The summed E-state index contributed by atoms with van der Waals surface area (Å²) in [4.78, 5) is 0. The number of benzene rings is 1. The number of halogens is 1. The molecule has 1 aliphatic rings. The van der Waals surface area contributed by atoms with Gasteiger partial charge in [0.15, 0.2) is 0 Å². The van der Waals surface area contributed by atoms with Crippen LogP contribution in [0.15, 0.2) is 18.2 Å². The fraction of sp³-hybridized carbons (Fsp3) is 0.538. The van der Waals surface area contributed by atoms with Crippen molar-refractivity contribution in [2.75, 3.05) is 11.5 Å². The molecular formula is C13H18FNS. The molecular weight excluding hydrogens is 221 g/mol. The molecule has 2 N–H and O–H groups in total. The highest BCUT2D eigenvalue weighted by atomic mass is 32.2. The standard InChI is InChI=1S/C13H18FNS/c14-13-7-12(15)6-5-11(13)9-16-8-10-3-1-2-4-10/h5-7,10H,1-4,8-9,15H2. The second kappa shape index (κ2) is 5.58. The maximum absolute atomic E-state index is 13.5. The molecule has 2 rings (SSSR count). The van der Waals surface area contributed by atoms with Crippen molar-refractivity contribution >= 4 is 17.4 Å². The van der Waals surface area contributed by atoms with Crippen LogP contribution in [0.1, 0.15) is 31.2 Å².